The maximum atomic E-state index is 13.0. The van der Waals surface area contributed by atoms with Crippen molar-refractivity contribution in [2.24, 2.45) is 5.92 Å². The molecule has 130 valence electrons. The monoisotopic (exact) mass is 340 g/mol. The normalized spacial score (nSPS) is 27.7. The van der Waals surface area contributed by atoms with E-state index in [1.807, 2.05) is 30.5 Å². The highest BCUT2D eigenvalue weighted by Gasteiger charge is 2.55. The molecular formula is C19H20N2O4. The molecule has 0 saturated carbocycles. The summed E-state index contributed by atoms with van der Waals surface area (Å²) in [7, 11) is 1.33. The van der Waals surface area contributed by atoms with Gasteiger partial charge in [-0.2, -0.15) is 0 Å². The van der Waals surface area contributed by atoms with E-state index in [1.165, 1.54) is 7.11 Å². The Labute approximate surface area is 145 Å². The van der Waals surface area contributed by atoms with Gasteiger partial charge in [0.15, 0.2) is 5.54 Å². The number of methoxy groups -OCH3 is 1. The highest BCUT2D eigenvalue weighted by Crippen LogP contribution is 2.41. The number of esters is 1. The summed E-state index contributed by atoms with van der Waals surface area (Å²) in [6, 6.07) is 7.80. The van der Waals surface area contributed by atoms with E-state index < -0.39 is 17.6 Å². The molecule has 2 heterocycles. The van der Waals surface area contributed by atoms with Crippen LogP contribution in [0.2, 0.25) is 0 Å². The first kappa shape index (κ1) is 15.9. The summed E-state index contributed by atoms with van der Waals surface area (Å²) in [6.45, 7) is 0.352. The van der Waals surface area contributed by atoms with Crippen LogP contribution in [0.25, 0.3) is 10.9 Å². The number of rotatable bonds is 3. The van der Waals surface area contributed by atoms with Crippen molar-refractivity contribution in [2.75, 3.05) is 13.7 Å². The van der Waals surface area contributed by atoms with E-state index in [0.717, 1.165) is 16.5 Å². The number of aromatic nitrogens is 1. The van der Waals surface area contributed by atoms with Gasteiger partial charge >= 0.3 is 5.97 Å². The fraction of sp³-hybridized carbons (Fsp3) is 0.368. The molecule has 2 aliphatic rings. The van der Waals surface area contributed by atoms with Gasteiger partial charge in [-0.25, -0.2) is 4.79 Å². The number of hydrogen-bond donors (Lipinski definition) is 2. The minimum absolute atomic E-state index is 0.142. The summed E-state index contributed by atoms with van der Waals surface area (Å²) >= 11 is 0. The molecule has 0 spiro atoms. The largest absolute Gasteiger partial charge is 0.467 e. The van der Waals surface area contributed by atoms with Crippen LogP contribution in [-0.2, 0) is 20.7 Å². The van der Waals surface area contributed by atoms with Gasteiger partial charge in [0.25, 0.3) is 0 Å². The first-order chi connectivity index (χ1) is 12.0. The standard InChI is InChI=1S/C19H20N2O4/c1-25-18(24)19-7-6-16(22)13(9-19)11-21(19)17(23)8-12-10-20-15-5-3-2-4-14(12)15/h2-7,10,13,16,20,22H,8-9,11H2,1H3/t13-,16+,19+/m0/s1. The van der Waals surface area contributed by atoms with Crippen LogP contribution in [0.4, 0.5) is 0 Å². The average molecular weight is 340 g/mol. The number of hydrogen-bond acceptors (Lipinski definition) is 4. The van der Waals surface area contributed by atoms with Crippen LogP contribution in [-0.4, -0.2) is 52.2 Å². The number of H-pyrrole nitrogens is 1. The summed E-state index contributed by atoms with van der Waals surface area (Å²) < 4.78 is 4.96. The third-order valence-corrected chi connectivity index (χ3v) is 5.38. The summed E-state index contributed by atoms with van der Waals surface area (Å²) in [4.78, 5) is 30.2. The minimum atomic E-state index is -1.10. The number of ether oxygens (including phenoxy) is 1. The minimum Gasteiger partial charge on any atom is -0.467 e. The lowest BCUT2D eigenvalue weighted by Crippen LogP contribution is -2.53. The Bertz CT molecular complexity index is 871. The zero-order valence-electron chi connectivity index (χ0n) is 13.9. The Morgan fingerprint density at radius 2 is 2.20 bits per heavy atom. The number of amides is 1. The maximum absolute atomic E-state index is 13.0. The lowest BCUT2D eigenvalue weighted by Gasteiger charge is -2.34. The molecule has 1 aliphatic heterocycles. The van der Waals surface area contributed by atoms with E-state index in [1.54, 1.807) is 17.1 Å². The van der Waals surface area contributed by atoms with Crippen molar-refractivity contribution in [2.45, 2.75) is 24.5 Å². The molecule has 2 N–H and O–H groups in total. The predicted octanol–water partition coefficient (Wildman–Crippen LogP) is 1.40. The zero-order chi connectivity index (χ0) is 17.6. The number of carbonyl (C=O) groups is 2. The fourth-order valence-electron chi connectivity index (χ4n) is 4.07. The zero-order valence-corrected chi connectivity index (χ0v) is 13.9. The Kier molecular flexibility index (Phi) is 3.65. The highest BCUT2D eigenvalue weighted by atomic mass is 16.5. The lowest BCUT2D eigenvalue weighted by atomic mass is 9.83. The van der Waals surface area contributed by atoms with Gasteiger partial charge in [-0.15, -0.1) is 0 Å². The summed E-state index contributed by atoms with van der Waals surface area (Å²) in [5.74, 6) is -0.738. The first-order valence-electron chi connectivity index (χ1n) is 8.36. The van der Waals surface area contributed by atoms with E-state index in [2.05, 4.69) is 4.98 Å². The molecule has 1 aromatic heterocycles. The van der Waals surface area contributed by atoms with E-state index in [-0.39, 0.29) is 18.2 Å². The van der Waals surface area contributed by atoms with Crippen molar-refractivity contribution >= 4 is 22.8 Å². The van der Waals surface area contributed by atoms with Crippen molar-refractivity contribution in [1.82, 2.24) is 9.88 Å². The molecule has 1 saturated heterocycles. The molecule has 6 heteroatoms. The van der Waals surface area contributed by atoms with Crippen LogP contribution in [0, 0.1) is 5.92 Å². The van der Waals surface area contributed by atoms with Gasteiger partial charge in [-0.3, -0.25) is 4.79 Å². The van der Waals surface area contributed by atoms with Crippen molar-refractivity contribution in [1.29, 1.82) is 0 Å². The molecular weight excluding hydrogens is 320 g/mol. The van der Waals surface area contributed by atoms with Gasteiger partial charge < -0.3 is 19.7 Å². The first-order valence-corrected chi connectivity index (χ1v) is 8.36. The summed E-state index contributed by atoms with van der Waals surface area (Å²) in [5.41, 5.74) is 0.775. The van der Waals surface area contributed by atoms with Crippen LogP contribution < -0.4 is 0 Å². The quantitative estimate of drug-likeness (QED) is 0.654. The van der Waals surface area contributed by atoms with E-state index >= 15 is 0 Å². The second-order valence-electron chi connectivity index (χ2n) is 6.77. The molecule has 2 aromatic rings. The van der Waals surface area contributed by atoms with Crippen LogP contribution in [0.15, 0.2) is 42.6 Å². The van der Waals surface area contributed by atoms with Crippen molar-refractivity contribution in [3.63, 3.8) is 0 Å². The average Bonchev–Trinajstić information content (AvgIpc) is 3.18. The van der Waals surface area contributed by atoms with Crippen LogP contribution in [0.5, 0.6) is 0 Å². The van der Waals surface area contributed by atoms with Crippen molar-refractivity contribution in [3.05, 3.63) is 48.2 Å². The van der Waals surface area contributed by atoms with E-state index in [0.29, 0.717) is 13.0 Å². The number of benzene rings is 1. The number of aliphatic hydroxyl groups excluding tert-OH is 1. The molecule has 6 nitrogen and oxygen atoms in total. The van der Waals surface area contributed by atoms with Crippen LogP contribution >= 0.6 is 0 Å². The SMILES string of the molecule is COC(=O)[C@]12C=C[C@@H](O)[C@H](CN1C(=O)Cc1c[nH]c3ccccc13)C2. The summed E-state index contributed by atoms with van der Waals surface area (Å²) in [5, 5.41) is 11.1. The Balaban J connectivity index is 1.65. The second-order valence-corrected chi connectivity index (χ2v) is 6.77. The van der Waals surface area contributed by atoms with Gasteiger partial charge in [0.1, 0.15) is 0 Å². The fourth-order valence-corrected chi connectivity index (χ4v) is 4.07. The smallest absolute Gasteiger partial charge is 0.335 e. The van der Waals surface area contributed by atoms with Crippen LogP contribution in [0.3, 0.4) is 0 Å². The third-order valence-electron chi connectivity index (χ3n) is 5.38. The number of nitrogens with one attached hydrogen (secondary N) is 1. The number of para-hydroxylation sites is 1. The van der Waals surface area contributed by atoms with Crippen molar-refractivity contribution in [3.8, 4) is 0 Å². The van der Waals surface area contributed by atoms with Crippen LogP contribution in [0.1, 0.15) is 12.0 Å². The van der Waals surface area contributed by atoms with Gasteiger partial charge in [0.05, 0.1) is 19.6 Å². The van der Waals surface area contributed by atoms with Crippen molar-refractivity contribution < 1.29 is 19.4 Å². The molecule has 2 bridgehead atoms. The highest BCUT2D eigenvalue weighted by molar-refractivity contribution is 5.94. The molecule has 4 rings (SSSR count). The number of carbonyl (C=O) groups excluding carboxylic acids is 2. The van der Waals surface area contributed by atoms with Gasteiger partial charge in [-0.05, 0) is 24.1 Å². The Morgan fingerprint density at radius 3 is 3.00 bits per heavy atom. The van der Waals surface area contributed by atoms with Gasteiger partial charge in [0.2, 0.25) is 5.91 Å². The maximum Gasteiger partial charge on any atom is 0.335 e. The summed E-state index contributed by atoms with van der Waals surface area (Å²) in [6.07, 6.45) is 5.02. The number of likely N-dealkylation sites (tertiary alicyclic amines) is 1. The lowest BCUT2D eigenvalue weighted by molar-refractivity contribution is -0.155. The topological polar surface area (TPSA) is 82.6 Å². The predicted molar refractivity (Wildman–Crippen MR) is 91.7 cm³/mol. The molecule has 1 amide bonds. The second kappa shape index (κ2) is 5.74. The molecule has 25 heavy (non-hydrogen) atoms. The molecule has 0 unspecified atom stereocenters. The Hall–Kier alpha value is -2.60. The third kappa shape index (κ3) is 2.36. The van der Waals surface area contributed by atoms with Gasteiger partial charge in [-0.1, -0.05) is 24.3 Å². The number of aromatic amines is 1. The van der Waals surface area contributed by atoms with E-state index in [9.17, 15) is 14.7 Å². The van der Waals surface area contributed by atoms with Gasteiger partial charge in [0, 0.05) is 29.6 Å². The number of fused-ring (bicyclic) bond motifs is 3. The molecule has 0 radical (unpaired) electrons. The number of nitrogens with zero attached hydrogens (tertiary/aromatic N) is 1. The number of aliphatic hydroxyl groups is 1. The molecule has 3 atom stereocenters. The Morgan fingerprint density at radius 1 is 1.40 bits per heavy atom. The molecule has 1 aromatic carbocycles. The molecule has 1 fully saturated rings. The molecule has 1 aliphatic carbocycles. The van der Waals surface area contributed by atoms with E-state index in [4.69, 9.17) is 4.74 Å².